The second kappa shape index (κ2) is 5.21. The second-order valence-corrected chi connectivity index (χ2v) is 7.27. The lowest BCUT2D eigenvalue weighted by atomic mass is 10.1. The van der Waals surface area contributed by atoms with Crippen LogP contribution in [0.1, 0.15) is 28.8 Å². The fourth-order valence-corrected chi connectivity index (χ4v) is 3.61. The van der Waals surface area contributed by atoms with Gasteiger partial charge in [-0.1, -0.05) is 0 Å². The number of rotatable bonds is 2. The van der Waals surface area contributed by atoms with Gasteiger partial charge in [0.1, 0.15) is 9.84 Å². The van der Waals surface area contributed by atoms with Crippen molar-refractivity contribution in [2.75, 3.05) is 17.2 Å². The van der Waals surface area contributed by atoms with E-state index in [1.54, 1.807) is 18.2 Å². The van der Waals surface area contributed by atoms with Crippen LogP contribution in [0.15, 0.2) is 18.2 Å². The topological polar surface area (TPSA) is 89.3 Å². The zero-order chi connectivity index (χ0) is 14.0. The van der Waals surface area contributed by atoms with Gasteiger partial charge in [0.25, 0.3) is 5.91 Å². The van der Waals surface area contributed by atoms with E-state index in [0.29, 0.717) is 24.1 Å². The van der Waals surface area contributed by atoms with Gasteiger partial charge in [0.15, 0.2) is 0 Å². The van der Waals surface area contributed by atoms with Crippen molar-refractivity contribution < 1.29 is 13.2 Å². The zero-order valence-corrected chi connectivity index (χ0v) is 11.7. The van der Waals surface area contributed by atoms with Crippen LogP contribution < -0.4 is 11.1 Å². The number of aryl methyl sites for hydroxylation is 1. The van der Waals surface area contributed by atoms with Crippen molar-refractivity contribution in [3.63, 3.8) is 0 Å². The van der Waals surface area contributed by atoms with Gasteiger partial charge < -0.3 is 11.1 Å². The van der Waals surface area contributed by atoms with Crippen molar-refractivity contribution in [3.8, 4) is 0 Å². The van der Waals surface area contributed by atoms with Crippen LogP contribution in [0.4, 0.5) is 5.69 Å². The van der Waals surface area contributed by atoms with Crippen LogP contribution in [0, 0.1) is 6.92 Å². The first kappa shape index (κ1) is 13.9. The van der Waals surface area contributed by atoms with Gasteiger partial charge in [-0.05, 0) is 43.5 Å². The molecule has 5 nitrogen and oxygen atoms in total. The second-order valence-electron chi connectivity index (χ2n) is 4.97. The SMILES string of the molecule is Cc1cc(C(=O)NC2CCS(=O)(=O)CC2)ccc1N. The molecule has 0 radical (unpaired) electrons. The van der Waals surface area contributed by atoms with Gasteiger partial charge in [0, 0.05) is 17.3 Å². The molecule has 0 aromatic heterocycles. The van der Waals surface area contributed by atoms with E-state index in [0.717, 1.165) is 5.56 Å². The highest BCUT2D eigenvalue weighted by molar-refractivity contribution is 7.91. The number of nitrogens with one attached hydrogen (secondary N) is 1. The van der Waals surface area contributed by atoms with Gasteiger partial charge in [-0.3, -0.25) is 4.79 Å². The predicted molar refractivity (Wildman–Crippen MR) is 74.7 cm³/mol. The van der Waals surface area contributed by atoms with E-state index in [2.05, 4.69) is 5.32 Å². The summed E-state index contributed by atoms with van der Waals surface area (Å²) in [6, 6.07) is 5.06. The fourth-order valence-electron chi connectivity index (χ4n) is 2.12. The number of hydrogen-bond acceptors (Lipinski definition) is 4. The molecule has 0 spiro atoms. The maximum absolute atomic E-state index is 12.0. The molecule has 1 amide bonds. The molecule has 0 saturated carbocycles. The van der Waals surface area contributed by atoms with Crippen LogP contribution in [-0.2, 0) is 9.84 Å². The number of hydrogen-bond donors (Lipinski definition) is 2. The first-order valence-electron chi connectivity index (χ1n) is 6.25. The van der Waals surface area contributed by atoms with Crippen molar-refractivity contribution in [2.45, 2.75) is 25.8 Å². The summed E-state index contributed by atoms with van der Waals surface area (Å²) in [5.41, 5.74) is 7.77. The van der Waals surface area contributed by atoms with Crippen LogP contribution in [0.25, 0.3) is 0 Å². The molecule has 19 heavy (non-hydrogen) atoms. The summed E-state index contributed by atoms with van der Waals surface area (Å²) in [4.78, 5) is 12.0. The Morgan fingerprint density at radius 2 is 1.95 bits per heavy atom. The number of benzene rings is 1. The molecule has 0 unspecified atom stereocenters. The summed E-state index contributed by atoms with van der Waals surface area (Å²) >= 11 is 0. The normalized spacial score (nSPS) is 19.0. The number of sulfone groups is 1. The summed E-state index contributed by atoms with van der Waals surface area (Å²) in [7, 11) is -2.90. The molecule has 0 bridgehead atoms. The molecule has 2 rings (SSSR count). The summed E-state index contributed by atoms with van der Waals surface area (Å²) in [5, 5.41) is 2.88. The van der Waals surface area contributed by atoms with E-state index in [4.69, 9.17) is 5.73 Å². The van der Waals surface area contributed by atoms with E-state index >= 15 is 0 Å². The Bertz CT molecular complexity index is 582. The maximum atomic E-state index is 12.0. The Morgan fingerprint density at radius 1 is 1.32 bits per heavy atom. The highest BCUT2D eigenvalue weighted by Crippen LogP contribution is 2.15. The standard InChI is InChI=1S/C13H18N2O3S/c1-9-8-10(2-3-12(9)14)13(16)15-11-4-6-19(17,18)7-5-11/h2-3,8,11H,4-7,14H2,1H3,(H,15,16). The van der Waals surface area contributed by atoms with Crippen LogP contribution in [-0.4, -0.2) is 31.9 Å². The van der Waals surface area contributed by atoms with Crippen molar-refractivity contribution in [1.29, 1.82) is 0 Å². The summed E-state index contributed by atoms with van der Waals surface area (Å²) in [6.45, 7) is 1.85. The Labute approximate surface area is 113 Å². The third-order valence-electron chi connectivity index (χ3n) is 3.42. The number of carbonyl (C=O) groups is 1. The number of nitrogens with two attached hydrogens (primary N) is 1. The van der Waals surface area contributed by atoms with Gasteiger partial charge in [-0.25, -0.2) is 8.42 Å². The molecule has 1 aliphatic heterocycles. The summed E-state index contributed by atoms with van der Waals surface area (Å²) in [6.07, 6.45) is 0.976. The van der Waals surface area contributed by atoms with E-state index in [1.165, 1.54) is 0 Å². The highest BCUT2D eigenvalue weighted by atomic mass is 32.2. The molecule has 6 heteroatoms. The highest BCUT2D eigenvalue weighted by Gasteiger charge is 2.24. The van der Waals surface area contributed by atoms with Gasteiger partial charge >= 0.3 is 0 Å². The molecule has 0 aliphatic carbocycles. The van der Waals surface area contributed by atoms with Crippen LogP contribution in [0.2, 0.25) is 0 Å². The third kappa shape index (κ3) is 3.47. The lowest BCUT2D eigenvalue weighted by molar-refractivity contribution is 0.0934. The van der Waals surface area contributed by atoms with Gasteiger partial charge in [0.05, 0.1) is 11.5 Å². The van der Waals surface area contributed by atoms with Gasteiger partial charge in [0.2, 0.25) is 0 Å². The van der Waals surface area contributed by atoms with Crippen molar-refractivity contribution in [2.24, 2.45) is 0 Å². The molecule has 1 aromatic carbocycles. The van der Waals surface area contributed by atoms with Crippen molar-refractivity contribution in [1.82, 2.24) is 5.32 Å². The molecule has 1 fully saturated rings. The van der Waals surface area contributed by atoms with E-state index < -0.39 is 9.84 Å². The largest absolute Gasteiger partial charge is 0.399 e. The Kier molecular flexibility index (Phi) is 3.80. The number of amides is 1. The minimum Gasteiger partial charge on any atom is -0.399 e. The van der Waals surface area contributed by atoms with Crippen LogP contribution in [0.3, 0.4) is 0 Å². The molecular weight excluding hydrogens is 264 g/mol. The van der Waals surface area contributed by atoms with E-state index in [9.17, 15) is 13.2 Å². The number of carbonyl (C=O) groups excluding carboxylic acids is 1. The number of nitrogen functional groups attached to an aromatic ring is 1. The molecule has 1 heterocycles. The Balaban J connectivity index is 2.00. The predicted octanol–water partition coefficient (Wildman–Crippen LogP) is 0.884. The van der Waals surface area contributed by atoms with Crippen LogP contribution >= 0.6 is 0 Å². The smallest absolute Gasteiger partial charge is 0.251 e. The average molecular weight is 282 g/mol. The molecule has 0 atom stereocenters. The zero-order valence-electron chi connectivity index (χ0n) is 10.8. The molecule has 1 aromatic rings. The quantitative estimate of drug-likeness (QED) is 0.788. The maximum Gasteiger partial charge on any atom is 0.251 e. The molecule has 3 N–H and O–H groups in total. The minimum atomic E-state index is -2.90. The van der Waals surface area contributed by atoms with Gasteiger partial charge in [-0.2, -0.15) is 0 Å². The Hall–Kier alpha value is -1.56. The molecule has 1 aliphatic rings. The molecular formula is C13H18N2O3S. The summed E-state index contributed by atoms with van der Waals surface area (Å²) < 4.78 is 22.6. The van der Waals surface area contributed by atoms with Gasteiger partial charge in [-0.15, -0.1) is 0 Å². The lowest BCUT2D eigenvalue weighted by Gasteiger charge is -2.23. The first-order valence-corrected chi connectivity index (χ1v) is 8.07. The van der Waals surface area contributed by atoms with E-state index in [-0.39, 0.29) is 23.5 Å². The first-order chi connectivity index (χ1) is 8.87. The monoisotopic (exact) mass is 282 g/mol. The third-order valence-corrected chi connectivity index (χ3v) is 5.14. The Morgan fingerprint density at radius 3 is 2.53 bits per heavy atom. The molecule has 104 valence electrons. The molecule has 1 saturated heterocycles. The van der Waals surface area contributed by atoms with Crippen LogP contribution in [0.5, 0.6) is 0 Å². The van der Waals surface area contributed by atoms with Crippen molar-refractivity contribution in [3.05, 3.63) is 29.3 Å². The van der Waals surface area contributed by atoms with Crippen molar-refractivity contribution >= 4 is 21.4 Å². The summed E-state index contributed by atoms with van der Waals surface area (Å²) in [5.74, 6) is 0.129. The lowest BCUT2D eigenvalue weighted by Crippen LogP contribution is -2.40. The fraction of sp³-hybridized carbons (Fsp3) is 0.462. The number of anilines is 1. The average Bonchev–Trinajstić information content (AvgIpc) is 2.35. The van der Waals surface area contributed by atoms with E-state index in [1.807, 2.05) is 6.92 Å². The minimum absolute atomic E-state index is 0.0612.